The lowest BCUT2D eigenvalue weighted by Crippen LogP contribution is -2.46. The van der Waals surface area contributed by atoms with E-state index in [0.29, 0.717) is 0 Å². The molecule has 1 aromatic heterocycles. The van der Waals surface area contributed by atoms with Crippen LogP contribution in [0.1, 0.15) is 13.2 Å². The molecule has 122 valence electrons. The van der Waals surface area contributed by atoms with Crippen molar-refractivity contribution >= 4 is 11.7 Å². The van der Waals surface area contributed by atoms with Crippen LogP contribution in [0.25, 0.3) is 0 Å². The van der Waals surface area contributed by atoms with Crippen LogP contribution >= 0.6 is 0 Å². The summed E-state index contributed by atoms with van der Waals surface area (Å²) in [5, 5.41) is 31.9. The number of anilines is 1. The summed E-state index contributed by atoms with van der Waals surface area (Å²) in [5.41, 5.74) is 2.44. The quantitative estimate of drug-likeness (QED) is 0.388. The summed E-state index contributed by atoms with van der Waals surface area (Å²) in [6, 6.07) is 1.39. The minimum Gasteiger partial charge on any atom is -0.394 e. The molecule has 0 aromatic carbocycles. The molecule has 0 spiro atoms. The molecule has 10 heteroatoms. The Morgan fingerprint density at radius 1 is 1.64 bits per heavy atom. The molecular weight excluding hydrogens is 296 g/mol. The fraction of sp³-hybridized carbons (Fsp3) is 0.583. The van der Waals surface area contributed by atoms with Gasteiger partial charge in [0.1, 0.15) is 23.6 Å². The summed E-state index contributed by atoms with van der Waals surface area (Å²) in [6.45, 7) is 0.608. The maximum absolute atomic E-state index is 12.0. The zero-order chi connectivity index (χ0) is 16.5. The van der Waals surface area contributed by atoms with Crippen molar-refractivity contribution in [2.45, 2.75) is 31.0 Å². The molecule has 10 nitrogen and oxygen atoms in total. The van der Waals surface area contributed by atoms with E-state index in [0.717, 1.165) is 4.57 Å². The first-order valence-electron chi connectivity index (χ1n) is 6.55. The standard InChI is InChI=1S/C12H18N4O6/c1-12(21)9(19)6(5-17)22-10(12)16-3-2-8(15-11(16)20)14-4-7(13)18/h2-3,6,9-10,17,19,21H,4-5H2,1H3,(H2,13,18)(H,14,15,20)/t6?,9?,10?,12-/m1/s1. The van der Waals surface area contributed by atoms with E-state index in [1.807, 2.05) is 0 Å². The third kappa shape index (κ3) is 2.95. The number of aromatic nitrogens is 2. The number of rotatable bonds is 5. The molecule has 0 radical (unpaired) electrons. The van der Waals surface area contributed by atoms with Crippen molar-refractivity contribution in [1.29, 1.82) is 0 Å². The molecule has 0 saturated carbocycles. The molecule has 1 saturated heterocycles. The fourth-order valence-electron chi connectivity index (χ4n) is 2.26. The molecule has 4 atom stereocenters. The molecular formula is C12H18N4O6. The minimum atomic E-state index is -1.78. The molecule has 1 amide bonds. The molecule has 0 bridgehead atoms. The topological polar surface area (TPSA) is 160 Å². The third-order valence-electron chi connectivity index (χ3n) is 3.46. The van der Waals surface area contributed by atoms with Gasteiger partial charge in [0, 0.05) is 6.20 Å². The van der Waals surface area contributed by atoms with E-state index in [-0.39, 0.29) is 12.4 Å². The van der Waals surface area contributed by atoms with E-state index >= 15 is 0 Å². The number of nitrogens with one attached hydrogen (secondary N) is 1. The van der Waals surface area contributed by atoms with E-state index in [1.165, 1.54) is 19.2 Å². The van der Waals surface area contributed by atoms with Gasteiger partial charge < -0.3 is 31.1 Å². The second-order valence-electron chi connectivity index (χ2n) is 5.20. The normalized spacial score (nSPS) is 31.2. The van der Waals surface area contributed by atoms with Gasteiger partial charge in [0.25, 0.3) is 0 Å². The Morgan fingerprint density at radius 2 is 2.32 bits per heavy atom. The Labute approximate surface area is 125 Å². The zero-order valence-electron chi connectivity index (χ0n) is 11.8. The number of carbonyl (C=O) groups excluding carboxylic acids is 1. The maximum Gasteiger partial charge on any atom is 0.351 e. The van der Waals surface area contributed by atoms with Gasteiger partial charge in [-0.2, -0.15) is 4.98 Å². The highest BCUT2D eigenvalue weighted by Crippen LogP contribution is 2.37. The average molecular weight is 314 g/mol. The van der Waals surface area contributed by atoms with Crippen LogP contribution in [0.3, 0.4) is 0 Å². The average Bonchev–Trinajstić information content (AvgIpc) is 2.68. The second kappa shape index (κ2) is 6.01. The Hall–Kier alpha value is -2.01. The van der Waals surface area contributed by atoms with E-state index in [9.17, 15) is 19.8 Å². The molecule has 2 heterocycles. The monoisotopic (exact) mass is 314 g/mol. The summed E-state index contributed by atoms with van der Waals surface area (Å²) in [5.74, 6) is -0.473. The first kappa shape index (κ1) is 16.4. The number of amides is 1. The Bertz CT molecular complexity index is 616. The van der Waals surface area contributed by atoms with E-state index < -0.39 is 42.2 Å². The number of carbonyl (C=O) groups is 1. The van der Waals surface area contributed by atoms with E-state index in [1.54, 1.807) is 0 Å². The third-order valence-corrected chi connectivity index (χ3v) is 3.46. The smallest absolute Gasteiger partial charge is 0.351 e. The van der Waals surface area contributed by atoms with Gasteiger partial charge in [0.05, 0.1) is 13.2 Å². The molecule has 3 unspecified atom stereocenters. The van der Waals surface area contributed by atoms with Gasteiger partial charge in [0.2, 0.25) is 5.91 Å². The molecule has 2 rings (SSSR count). The maximum atomic E-state index is 12.0. The number of hydrogen-bond acceptors (Lipinski definition) is 8. The second-order valence-corrected chi connectivity index (χ2v) is 5.20. The first-order valence-corrected chi connectivity index (χ1v) is 6.55. The lowest BCUT2D eigenvalue weighted by Gasteiger charge is -2.27. The van der Waals surface area contributed by atoms with Gasteiger partial charge in [-0.25, -0.2) is 4.79 Å². The van der Waals surface area contributed by atoms with Gasteiger partial charge in [0.15, 0.2) is 6.23 Å². The van der Waals surface area contributed by atoms with Gasteiger partial charge in [-0.3, -0.25) is 9.36 Å². The number of primary amides is 1. The Morgan fingerprint density at radius 3 is 2.82 bits per heavy atom. The van der Waals surface area contributed by atoms with Crippen molar-refractivity contribution < 1.29 is 24.9 Å². The van der Waals surface area contributed by atoms with Gasteiger partial charge in [-0.05, 0) is 13.0 Å². The Balaban J connectivity index is 2.26. The SMILES string of the molecule is C[C@@]1(O)C(O)C(CO)OC1n1ccc(NCC(N)=O)nc1=O. The zero-order valence-corrected chi connectivity index (χ0v) is 11.8. The highest BCUT2D eigenvalue weighted by Gasteiger charge is 2.53. The lowest BCUT2D eigenvalue weighted by atomic mass is 9.96. The summed E-state index contributed by atoms with van der Waals surface area (Å²) >= 11 is 0. The van der Waals surface area contributed by atoms with Gasteiger partial charge in [-0.15, -0.1) is 0 Å². The van der Waals surface area contributed by atoms with Crippen LogP contribution in [-0.2, 0) is 9.53 Å². The van der Waals surface area contributed by atoms with Crippen molar-refractivity contribution in [2.24, 2.45) is 5.73 Å². The van der Waals surface area contributed by atoms with Crippen molar-refractivity contribution in [3.63, 3.8) is 0 Å². The van der Waals surface area contributed by atoms with Crippen LogP contribution in [0, 0.1) is 0 Å². The molecule has 6 N–H and O–H groups in total. The number of nitrogens with zero attached hydrogens (tertiary/aromatic N) is 2. The van der Waals surface area contributed by atoms with Crippen LogP contribution in [0.5, 0.6) is 0 Å². The van der Waals surface area contributed by atoms with Crippen molar-refractivity contribution in [2.75, 3.05) is 18.5 Å². The molecule has 22 heavy (non-hydrogen) atoms. The van der Waals surface area contributed by atoms with Crippen LogP contribution in [0.2, 0.25) is 0 Å². The first-order chi connectivity index (χ1) is 10.3. The summed E-state index contributed by atoms with van der Waals surface area (Å²) in [4.78, 5) is 26.4. The van der Waals surface area contributed by atoms with Crippen LogP contribution < -0.4 is 16.7 Å². The molecule has 1 aliphatic rings. The van der Waals surface area contributed by atoms with Gasteiger partial charge >= 0.3 is 5.69 Å². The summed E-state index contributed by atoms with van der Waals surface area (Å²) in [6.07, 6.45) is -2.28. The Kier molecular flexibility index (Phi) is 4.47. The van der Waals surface area contributed by atoms with Crippen molar-refractivity contribution in [1.82, 2.24) is 9.55 Å². The number of aliphatic hydroxyl groups is 3. The highest BCUT2D eigenvalue weighted by molar-refractivity contribution is 5.78. The molecule has 1 fully saturated rings. The summed E-state index contributed by atoms with van der Waals surface area (Å²) in [7, 11) is 0. The molecule has 1 aromatic rings. The predicted molar refractivity (Wildman–Crippen MR) is 73.8 cm³/mol. The highest BCUT2D eigenvalue weighted by atomic mass is 16.6. The predicted octanol–water partition coefficient (Wildman–Crippen LogP) is -2.86. The molecule has 1 aliphatic heterocycles. The number of aliphatic hydroxyl groups excluding tert-OH is 2. The number of nitrogens with two attached hydrogens (primary N) is 1. The number of hydrogen-bond donors (Lipinski definition) is 5. The van der Waals surface area contributed by atoms with Gasteiger partial charge in [-0.1, -0.05) is 0 Å². The lowest BCUT2D eigenvalue weighted by molar-refractivity contribution is -0.116. The van der Waals surface area contributed by atoms with Crippen LogP contribution in [-0.4, -0.2) is 61.7 Å². The summed E-state index contributed by atoms with van der Waals surface area (Å²) < 4.78 is 6.32. The van der Waals surface area contributed by atoms with Crippen LogP contribution in [0.4, 0.5) is 5.82 Å². The minimum absolute atomic E-state index is 0.136. The largest absolute Gasteiger partial charge is 0.394 e. The fourth-order valence-corrected chi connectivity index (χ4v) is 2.26. The van der Waals surface area contributed by atoms with E-state index in [2.05, 4.69) is 10.3 Å². The number of ether oxygens (including phenoxy) is 1. The molecule has 0 aliphatic carbocycles. The van der Waals surface area contributed by atoms with Crippen molar-refractivity contribution in [3.8, 4) is 0 Å². The van der Waals surface area contributed by atoms with Crippen LogP contribution in [0.15, 0.2) is 17.1 Å². The van der Waals surface area contributed by atoms with E-state index in [4.69, 9.17) is 15.6 Å². The van der Waals surface area contributed by atoms with Crippen molar-refractivity contribution in [3.05, 3.63) is 22.7 Å².